The predicted octanol–water partition coefficient (Wildman–Crippen LogP) is 1.62. The second-order valence-corrected chi connectivity index (χ2v) is 4.82. The monoisotopic (exact) mass is 247 g/mol. The van der Waals surface area contributed by atoms with E-state index in [0.29, 0.717) is 19.0 Å². The van der Waals surface area contributed by atoms with Gasteiger partial charge in [0.1, 0.15) is 0 Å². The molecule has 0 saturated heterocycles. The van der Waals surface area contributed by atoms with Gasteiger partial charge >= 0.3 is 0 Å². The number of nitrogens with zero attached hydrogens (tertiary/aromatic N) is 1. The van der Waals surface area contributed by atoms with E-state index in [0.717, 1.165) is 12.1 Å². The molecule has 0 atom stereocenters. The van der Waals surface area contributed by atoms with Crippen molar-refractivity contribution in [3.05, 3.63) is 30.1 Å². The van der Waals surface area contributed by atoms with Crippen molar-refractivity contribution >= 4 is 5.91 Å². The van der Waals surface area contributed by atoms with Gasteiger partial charge < -0.3 is 10.6 Å². The van der Waals surface area contributed by atoms with Gasteiger partial charge in [-0.3, -0.25) is 9.78 Å². The molecule has 0 aromatic carbocycles. The first kappa shape index (κ1) is 13.0. The Hall–Kier alpha value is -1.42. The van der Waals surface area contributed by atoms with E-state index in [-0.39, 0.29) is 5.91 Å². The smallest absolute Gasteiger partial charge is 0.221 e. The van der Waals surface area contributed by atoms with E-state index in [9.17, 15) is 4.79 Å². The van der Waals surface area contributed by atoms with Crippen LogP contribution in [0.15, 0.2) is 24.5 Å². The molecule has 4 heteroatoms. The summed E-state index contributed by atoms with van der Waals surface area (Å²) >= 11 is 0. The van der Waals surface area contributed by atoms with Gasteiger partial charge in [0.25, 0.3) is 0 Å². The number of rotatable bonds is 6. The molecule has 0 radical (unpaired) electrons. The molecule has 1 aromatic rings. The minimum atomic E-state index is 0.109. The summed E-state index contributed by atoms with van der Waals surface area (Å²) in [4.78, 5) is 15.6. The standard InChI is InChI=1S/C14H21N3O/c18-14(7-10-16-13-3-1-2-4-13)17-11-12-5-8-15-9-6-12/h5-6,8-9,13,16H,1-4,7,10-11H2,(H,17,18). The van der Waals surface area contributed by atoms with Gasteiger partial charge in [-0.2, -0.15) is 0 Å². The van der Waals surface area contributed by atoms with Gasteiger partial charge in [-0.05, 0) is 30.5 Å². The molecule has 1 saturated carbocycles. The second-order valence-electron chi connectivity index (χ2n) is 4.82. The molecule has 1 fully saturated rings. The van der Waals surface area contributed by atoms with Gasteiger partial charge in [0.15, 0.2) is 0 Å². The minimum absolute atomic E-state index is 0.109. The number of carbonyl (C=O) groups excluding carboxylic acids is 1. The second kappa shape index (κ2) is 7.11. The van der Waals surface area contributed by atoms with Crippen LogP contribution in [0.4, 0.5) is 0 Å². The lowest BCUT2D eigenvalue weighted by Gasteiger charge is -2.11. The Kier molecular flexibility index (Phi) is 5.15. The zero-order valence-corrected chi connectivity index (χ0v) is 10.7. The summed E-state index contributed by atoms with van der Waals surface area (Å²) < 4.78 is 0. The van der Waals surface area contributed by atoms with Crippen LogP contribution in [0.2, 0.25) is 0 Å². The molecule has 2 N–H and O–H groups in total. The van der Waals surface area contributed by atoms with E-state index in [1.54, 1.807) is 12.4 Å². The Labute approximate surface area is 108 Å². The molecule has 18 heavy (non-hydrogen) atoms. The Morgan fingerprint density at radius 1 is 1.28 bits per heavy atom. The molecule has 0 spiro atoms. The summed E-state index contributed by atoms with van der Waals surface area (Å²) in [7, 11) is 0. The summed E-state index contributed by atoms with van der Waals surface area (Å²) in [6.45, 7) is 1.37. The quantitative estimate of drug-likeness (QED) is 0.803. The Morgan fingerprint density at radius 3 is 2.72 bits per heavy atom. The van der Waals surface area contributed by atoms with Crippen molar-refractivity contribution in [2.24, 2.45) is 0 Å². The van der Waals surface area contributed by atoms with Crippen LogP contribution in [-0.2, 0) is 11.3 Å². The van der Waals surface area contributed by atoms with Crippen LogP contribution in [0.1, 0.15) is 37.7 Å². The lowest BCUT2D eigenvalue weighted by molar-refractivity contribution is -0.121. The molecule has 1 aliphatic carbocycles. The molecular weight excluding hydrogens is 226 g/mol. The number of amides is 1. The topological polar surface area (TPSA) is 54.0 Å². The first-order chi connectivity index (χ1) is 8.84. The summed E-state index contributed by atoms with van der Waals surface area (Å²) in [6.07, 6.45) is 9.21. The van der Waals surface area contributed by atoms with Crippen molar-refractivity contribution in [1.82, 2.24) is 15.6 Å². The van der Waals surface area contributed by atoms with Crippen molar-refractivity contribution in [2.75, 3.05) is 6.54 Å². The third-order valence-corrected chi connectivity index (χ3v) is 3.38. The third kappa shape index (κ3) is 4.45. The third-order valence-electron chi connectivity index (χ3n) is 3.38. The predicted molar refractivity (Wildman–Crippen MR) is 71.0 cm³/mol. The van der Waals surface area contributed by atoms with Gasteiger partial charge in [-0.25, -0.2) is 0 Å². The highest BCUT2D eigenvalue weighted by molar-refractivity contribution is 5.76. The van der Waals surface area contributed by atoms with Crippen LogP contribution < -0.4 is 10.6 Å². The fourth-order valence-corrected chi connectivity index (χ4v) is 2.31. The highest BCUT2D eigenvalue weighted by Gasteiger charge is 2.13. The van der Waals surface area contributed by atoms with Gasteiger partial charge in [-0.1, -0.05) is 12.8 Å². The molecule has 2 rings (SSSR count). The average Bonchev–Trinajstić information content (AvgIpc) is 2.91. The van der Waals surface area contributed by atoms with Gasteiger partial charge in [-0.15, -0.1) is 0 Å². The van der Waals surface area contributed by atoms with E-state index >= 15 is 0 Å². The maximum absolute atomic E-state index is 11.6. The molecule has 4 nitrogen and oxygen atoms in total. The summed E-state index contributed by atoms with van der Waals surface area (Å²) in [5.41, 5.74) is 1.09. The van der Waals surface area contributed by atoms with E-state index in [4.69, 9.17) is 0 Å². The Morgan fingerprint density at radius 2 is 2.00 bits per heavy atom. The molecule has 0 bridgehead atoms. The number of carbonyl (C=O) groups is 1. The van der Waals surface area contributed by atoms with E-state index in [1.807, 2.05) is 12.1 Å². The summed E-state index contributed by atoms with van der Waals surface area (Å²) in [5, 5.41) is 6.36. The van der Waals surface area contributed by atoms with Gasteiger partial charge in [0, 0.05) is 37.9 Å². The summed E-state index contributed by atoms with van der Waals surface area (Å²) in [6, 6.07) is 4.46. The Balaban J connectivity index is 1.57. The average molecular weight is 247 g/mol. The molecule has 0 unspecified atom stereocenters. The fourth-order valence-electron chi connectivity index (χ4n) is 2.31. The highest BCUT2D eigenvalue weighted by atomic mass is 16.1. The van der Waals surface area contributed by atoms with Crippen molar-refractivity contribution in [3.8, 4) is 0 Å². The largest absolute Gasteiger partial charge is 0.352 e. The zero-order chi connectivity index (χ0) is 12.6. The minimum Gasteiger partial charge on any atom is -0.352 e. The maximum atomic E-state index is 11.6. The van der Waals surface area contributed by atoms with Crippen LogP contribution >= 0.6 is 0 Å². The SMILES string of the molecule is O=C(CCNC1CCCC1)NCc1ccncc1. The van der Waals surface area contributed by atoms with E-state index in [1.165, 1.54) is 25.7 Å². The van der Waals surface area contributed by atoms with Crippen LogP contribution in [-0.4, -0.2) is 23.5 Å². The van der Waals surface area contributed by atoms with Gasteiger partial charge in [0.05, 0.1) is 0 Å². The normalized spacial score (nSPS) is 15.8. The highest BCUT2D eigenvalue weighted by Crippen LogP contribution is 2.17. The molecule has 1 heterocycles. The number of hydrogen-bond acceptors (Lipinski definition) is 3. The van der Waals surface area contributed by atoms with Crippen molar-refractivity contribution < 1.29 is 4.79 Å². The Bertz CT molecular complexity index is 361. The molecule has 1 aromatic heterocycles. The first-order valence-corrected chi connectivity index (χ1v) is 6.73. The van der Waals surface area contributed by atoms with Crippen molar-refractivity contribution in [3.63, 3.8) is 0 Å². The maximum Gasteiger partial charge on any atom is 0.221 e. The number of aromatic nitrogens is 1. The van der Waals surface area contributed by atoms with Crippen LogP contribution in [0.5, 0.6) is 0 Å². The number of nitrogens with one attached hydrogen (secondary N) is 2. The molecule has 1 aliphatic rings. The fraction of sp³-hybridized carbons (Fsp3) is 0.571. The lowest BCUT2D eigenvalue weighted by atomic mass is 10.2. The molecular formula is C14H21N3O. The van der Waals surface area contributed by atoms with Crippen LogP contribution in [0, 0.1) is 0 Å². The van der Waals surface area contributed by atoms with Gasteiger partial charge in [0.2, 0.25) is 5.91 Å². The van der Waals surface area contributed by atoms with Crippen molar-refractivity contribution in [2.45, 2.75) is 44.7 Å². The summed E-state index contributed by atoms with van der Waals surface area (Å²) in [5.74, 6) is 0.109. The molecule has 0 aliphatic heterocycles. The lowest BCUT2D eigenvalue weighted by Crippen LogP contribution is -2.31. The van der Waals surface area contributed by atoms with Crippen LogP contribution in [0.25, 0.3) is 0 Å². The van der Waals surface area contributed by atoms with E-state index < -0.39 is 0 Å². The van der Waals surface area contributed by atoms with E-state index in [2.05, 4.69) is 15.6 Å². The molecule has 1 amide bonds. The van der Waals surface area contributed by atoms with Crippen molar-refractivity contribution in [1.29, 1.82) is 0 Å². The number of hydrogen-bond donors (Lipinski definition) is 2. The first-order valence-electron chi connectivity index (χ1n) is 6.73. The number of pyridine rings is 1. The van der Waals surface area contributed by atoms with Crippen LogP contribution in [0.3, 0.4) is 0 Å². The molecule has 98 valence electrons. The zero-order valence-electron chi connectivity index (χ0n) is 10.7.